The van der Waals surface area contributed by atoms with Gasteiger partial charge in [-0.15, -0.1) is 0 Å². The normalized spacial score (nSPS) is 12.6. The zero-order valence-corrected chi connectivity index (χ0v) is 16.2. The summed E-state index contributed by atoms with van der Waals surface area (Å²) in [5.74, 6) is 1.28. The van der Waals surface area contributed by atoms with E-state index in [0.29, 0.717) is 12.3 Å². The van der Waals surface area contributed by atoms with E-state index < -0.39 is 0 Å². The molecule has 0 saturated carbocycles. The van der Waals surface area contributed by atoms with Crippen LogP contribution in [0.2, 0.25) is 0 Å². The summed E-state index contributed by atoms with van der Waals surface area (Å²) in [5.41, 5.74) is 3.79. The molecule has 3 aromatic heterocycles. The summed E-state index contributed by atoms with van der Waals surface area (Å²) in [4.78, 5) is 20.6. The molecule has 5 nitrogen and oxygen atoms in total. The summed E-state index contributed by atoms with van der Waals surface area (Å²) in [6.07, 6.45) is 4.38. The van der Waals surface area contributed by atoms with Crippen molar-refractivity contribution in [3.8, 4) is 0 Å². The fourth-order valence-corrected chi connectivity index (χ4v) is 3.89. The summed E-state index contributed by atoms with van der Waals surface area (Å²) >= 11 is 1.65. The largest absolute Gasteiger partial charge is 0.346 e. The van der Waals surface area contributed by atoms with Gasteiger partial charge in [-0.05, 0) is 52.7 Å². The van der Waals surface area contributed by atoms with E-state index in [2.05, 4.69) is 45.1 Å². The first-order valence-electron chi connectivity index (χ1n) is 9.04. The van der Waals surface area contributed by atoms with E-state index in [0.717, 1.165) is 28.1 Å². The Kier molecular flexibility index (Phi) is 4.81. The highest BCUT2D eigenvalue weighted by Crippen LogP contribution is 2.26. The first-order chi connectivity index (χ1) is 13.1. The summed E-state index contributed by atoms with van der Waals surface area (Å²) in [6, 6.07) is 11.8. The minimum Gasteiger partial charge on any atom is -0.346 e. The van der Waals surface area contributed by atoms with E-state index in [1.54, 1.807) is 11.3 Å². The van der Waals surface area contributed by atoms with Crippen LogP contribution < -0.4 is 5.32 Å². The Balaban J connectivity index is 1.52. The number of carbonyl (C=O) groups is 1. The van der Waals surface area contributed by atoms with Gasteiger partial charge in [-0.2, -0.15) is 11.3 Å². The van der Waals surface area contributed by atoms with Crippen molar-refractivity contribution in [1.29, 1.82) is 0 Å². The van der Waals surface area contributed by atoms with Crippen LogP contribution in [0.3, 0.4) is 0 Å². The average molecular weight is 379 g/mol. The predicted molar refractivity (Wildman–Crippen MR) is 110 cm³/mol. The third-order valence-electron chi connectivity index (χ3n) is 4.62. The number of hydrogen-bond donors (Lipinski definition) is 2. The number of amides is 1. The number of thiophene rings is 1. The van der Waals surface area contributed by atoms with E-state index in [9.17, 15) is 4.79 Å². The van der Waals surface area contributed by atoms with Crippen LogP contribution in [0.25, 0.3) is 11.0 Å². The maximum Gasteiger partial charge on any atom is 0.226 e. The molecule has 0 bridgehead atoms. The highest BCUT2D eigenvalue weighted by molar-refractivity contribution is 7.08. The Morgan fingerprint density at radius 1 is 1.26 bits per heavy atom. The van der Waals surface area contributed by atoms with Crippen molar-refractivity contribution >= 4 is 34.0 Å². The Hall–Kier alpha value is -2.86. The summed E-state index contributed by atoms with van der Waals surface area (Å²) in [7, 11) is 0. The van der Waals surface area contributed by atoms with Gasteiger partial charge in [0.05, 0.1) is 23.5 Å². The third kappa shape index (κ3) is 3.80. The van der Waals surface area contributed by atoms with E-state index in [-0.39, 0.29) is 11.9 Å². The molecule has 1 amide bonds. The lowest BCUT2D eigenvalue weighted by Crippen LogP contribution is -2.19. The van der Waals surface area contributed by atoms with Crippen molar-refractivity contribution in [2.45, 2.75) is 32.2 Å². The van der Waals surface area contributed by atoms with Crippen LogP contribution in [-0.2, 0) is 4.79 Å². The number of hydrogen-bond acceptors (Lipinski definition) is 3. The lowest BCUT2D eigenvalue weighted by atomic mass is 10.1. The fraction of sp³-hybridized carbons (Fsp3) is 0.238. The van der Waals surface area contributed by atoms with Crippen molar-refractivity contribution in [1.82, 2.24) is 14.5 Å². The molecule has 1 atom stereocenters. The number of aromatic nitrogens is 3. The number of anilines is 1. The van der Waals surface area contributed by atoms with Crippen LogP contribution >= 0.6 is 11.3 Å². The van der Waals surface area contributed by atoms with Crippen molar-refractivity contribution in [3.63, 3.8) is 0 Å². The smallest absolute Gasteiger partial charge is 0.226 e. The molecule has 27 heavy (non-hydrogen) atoms. The number of carbonyl (C=O) groups excluding carboxylic acids is 1. The van der Waals surface area contributed by atoms with Crippen molar-refractivity contribution in [3.05, 3.63) is 70.9 Å². The lowest BCUT2D eigenvalue weighted by molar-refractivity contribution is -0.116. The molecule has 0 aliphatic rings. The van der Waals surface area contributed by atoms with Crippen molar-refractivity contribution in [2.24, 2.45) is 0 Å². The number of fused-ring (bicyclic) bond motifs is 1. The molecule has 6 heteroatoms. The third-order valence-corrected chi connectivity index (χ3v) is 5.33. The van der Waals surface area contributed by atoms with Crippen LogP contribution in [0.4, 0.5) is 5.69 Å². The van der Waals surface area contributed by atoms with E-state index in [1.165, 1.54) is 0 Å². The Bertz CT molecular complexity index is 997. The Morgan fingerprint density at radius 3 is 2.78 bits per heavy atom. The highest BCUT2D eigenvalue weighted by Gasteiger charge is 2.18. The van der Waals surface area contributed by atoms with Crippen molar-refractivity contribution in [2.75, 3.05) is 5.32 Å². The molecule has 0 fully saturated rings. The molecule has 0 spiro atoms. The minimum atomic E-state index is -0.0113. The van der Waals surface area contributed by atoms with Gasteiger partial charge in [0.2, 0.25) is 5.91 Å². The van der Waals surface area contributed by atoms with E-state index >= 15 is 0 Å². The molecule has 0 saturated heterocycles. The SMILES string of the molecule is CC(C)c1nc2ccc(NC(=O)CC(c3ccsc3)n3cccc3)cc2[nH]1. The van der Waals surface area contributed by atoms with Crippen LogP contribution in [0.1, 0.15) is 43.6 Å². The van der Waals surface area contributed by atoms with Crippen LogP contribution in [0.15, 0.2) is 59.6 Å². The zero-order valence-electron chi connectivity index (χ0n) is 15.3. The van der Waals surface area contributed by atoms with Crippen molar-refractivity contribution < 1.29 is 4.79 Å². The Morgan fingerprint density at radius 2 is 2.07 bits per heavy atom. The molecule has 1 unspecified atom stereocenters. The quantitative estimate of drug-likeness (QED) is 0.486. The second-order valence-electron chi connectivity index (χ2n) is 6.96. The Labute approximate surface area is 162 Å². The predicted octanol–water partition coefficient (Wildman–Crippen LogP) is 5.17. The second-order valence-corrected chi connectivity index (χ2v) is 7.74. The molecule has 3 heterocycles. The molecule has 4 rings (SSSR count). The lowest BCUT2D eigenvalue weighted by Gasteiger charge is -2.18. The number of nitrogens with zero attached hydrogens (tertiary/aromatic N) is 2. The summed E-state index contributed by atoms with van der Waals surface area (Å²) < 4.78 is 2.08. The number of rotatable bonds is 6. The first kappa shape index (κ1) is 17.5. The van der Waals surface area contributed by atoms with Gasteiger partial charge in [0.15, 0.2) is 0 Å². The van der Waals surface area contributed by atoms with Gasteiger partial charge >= 0.3 is 0 Å². The van der Waals surface area contributed by atoms with Gasteiger partial charge in [-0.25, -0.2) is 4.98 Å². The van der Waals surface area contributed by atoms with Gasteiger partial charge in [0.1, 0.15) is 5.82 Å². The monoisotopic (exact) mass is 378 g/mol. The number of nitrogens with one attached hydrogen (secondary N) is 2. The average Bonchev–Trinajstić information content (AvgIpc) is 3.40. The first-order valence-corrected chi connectivity index (χ1v) is 9.98. The van der Waals surface area contributed by atoms with E-state index in [1.807, 2.05) is 48.1 Å². The molecule has 2 N–H and O–H groups in total. The highest BCUT2D eigenvalue weighted by atomic mass is 32.1. The van der Waals surface area contributed by atoms with Gasteiger partial charge < -0.3 is 14.9 Å². The molecule has 0 radical (unpaired) electrons. The van der Waals surface area contributed by atoms with Gasteiger partial charge in [0.25, 0.3) is 0 Å². The molecule has 4 aromatic rings. The van der Waals surface area contributed by atoms with Gasteiger partial charge in [-0.1, -0.05) is 13.8 Å². The maximum absolute atomic E-state index is 12.7. The number of benzene rings is 1. The maximum atomic E-state index is 12.7. The molecule has 138 valence electrons. The van der Waals surface area contributed by atoms with Gasteiger partial charge in [0, 0.05) is 24.0 Å². The molecular weight excluding hydrogens is 356 g/mol. The zero-order chi connectivity index (χ0) is 18.8. The fourth-order valence-electron chi connectivity index (χ4n) is 3.18. The van der Waals surface area contributed by atoms with Crippen LogP contribution in [0, 0.1) is 0 Å². The minimum absolute atomic E-state index is 0.00493. The number of imidazole rings is 1. The molecular formula is C21H22N4OS. The van der Waals surface area contributed by atoms with Crippen LogP contribution in [-0.4, -0.2) is 20.4 Å². The second kappa shape index (κ2) is 7.40. The molecule has 1 aromatic carbocycles. The number of aromatic amines is 1. The van der Waals surface area contributed by atoms with E-state index in [4.69, 9.17) is 0 Å². The molecule has 0 aliphatic carbocycles. The summed E-state index contributed by atoms with van der Waals surface area (Å²) in [6.45, 7) is 4.21. The molecule has 0 aliphatic heterocycles. The summed E-state index contributed by atoms with van der Waals surface area (Å²) in [5, 5.41) is 7.17. The topological polar surface area (TPSA) is 62.7 Å². The van der Waals surface area contributed by atoms with Crippen LogP contribution in [0.5, 0.6) is 0 Å². The standard InChI is InChI=1S/C21H22N4OS/c1-14(2)21-23-17-6-5-16(11-18(17)24-21)22-20(26)12-19(15-7-10-27-13-15)25-8-3-4-9-25/h3-11,13-14,19H,12H2,1-2H3,(H,22,26)(H,23,24). The number of H-pyrrole nitrogens is 1. The van der Waals surface area contributed by atoms with Gasteiger partial charge in [-0.3, -0.25) is 4.79 Å².